The standard InChI is InChI=1S/C13H13BrN2O3/c1-7-4-5-9(6-10(7)14)15-12(17)11-8(2)16(3)19-13(11)18/h4-6H,1-3H3,(H,15,17). The Morgan fingerprint density at radius 3 is 2.58 bits per heavy atom. The van der Waals surface area contributed by atoms with Gasteiger partial charge in [0.1, 0.15) is 5.56 Å². The SMILES string of the molecule is Cc1ccc(NC(=O)c2c(C)n(C)oc2=O)cc1Br. The van der Waals surface area contributed by atoms with Crippen molar-refractivity contribution in [3.05, 3.63) is 49.9 Å². The van der Waals surface area contributed by atoms with Crippen molar-refractivity contribution in [1.29, 1.82) is 0 Å². The molecule has 1 aromatic heterocycles. The fourth-order valence-electron chi connectivity index (χ4n) is 1.66. The minimum atomic E-state index is -0.635. The van der Waals surface area contributed by atoms with Gasteiger partial charge in [-0.25, -0.2) is 9.53 Å². The number of halogens is 1. The molecule has 19 heavy (non-hydrogen) atoms. The Hall–Kier alpha value is -1.82. The summed E-state index contributed by atoms with van der Waals surface area (Å²) < 4.78 is 7.01. The van der Waals surface area contributed by atoms with E-state index in [1.807, 2.05) is 13.0 Å². The number of aromatic nitrogens is 1. The highest BCUT2D eigenvalue weighted by molar-refractivity contribution is 9.10. The van der Waals surface area contributed by atoms with Crippen LogP contribution in [0.15, 0.2) is 32.0 Å². The summed E-state index contributed by atoms with van der Waals surface area (Å²) in [6.07, 6.45) is 0. The fraction of sp³-hybridized carbons (Fsp3) is 0.231. The number of hydrogen-bond donors (Lipinski definition) is 1. The molecule has 0 bridgehead atoms. The van der Waals surface area contributed by atoms with Crippen LogP contribution in [0.3, 0.4) is 0 Å². The van der Waals surface area contributed by atoms with Gasteiger partial charge in [-0.1, -0.05) is 22.0 Å². The number of nitrogens with one attached hydrogen (secondary N) is 1. The molecule has 0 fully saturated rings. The molecule has 0 aliphatic carbocycles. The van der Waals surface area contributed by atoms with Crippen LogP contribution in [0.5, 0.6) is 0 Å². The second-order valence-electron chi connectivity index (χ2n) is 4.25. The van der Waals surface area contributed by atoms with Crippen molar-refractivity contribution in [2.75, 3.05) is 5.32 Å². The van der Waals surface area contributed by atoms with Crippen LogP contribution in [0.4, 0.5) is 5.69 Å². The molecule has 100 valence electrons. The van der Waals surface area contributed by atoms with Gasteiger partial charge in [-0.05, 0) is 31.5 Å². The lowest BCUT2D eigenvalue weighted by atomic mass is 10.2. The molecular formula is C13H13BrN2O3. The average molecular weight is 325 g/mol. The van der Waals surface area contributed by atoms with Crippen LogP contribution in [0.25, 0.3) is 0 Å². The van der Waals surface area contributed by atoms with Crippen molar-refractivity contribution in [1.82, 2.24) is 4.74 Å². The van der Waals surface area contributed by atoms with E-state index in [9.17, 15) is 9.59 Å². The average Bonchev–Trinajstić information content (AvgIpc) is 2.58. The van der Waals surface area contributed by atoms with E-state index in [1.54, 1.807) is 26.1 Å². The molecule has 6 heteroatoms. The summed E-state index contributed by atoms with van der Waals surface area (Å²) in [5.74, 6) is -0.470. The van der Waals surface area contributed by atoms with Gasteiger partial charge < -0.3 is 9.84 Å². The van der Waals surface area contributed by atoms with Crippen molar-refractivity contribution in [2.45, 2.75) is 13.8 Å². The molecule has 1 heterocycles. The number of aryl methyl sites for hydroxylation is 2. The fourth-order valence-corrected chi connectivity index (χ4v) is 2.04. The molecule has 0 saturated heterocycles. The van der Waals surface area contributed by atoms with Gasteiger partial charge in [0.25, 0.3) is 5.91 Å². The molecule has 1 N–H and O–H groups in total. The van der Waals surface area contributed by atoms with E-state index in [0.29, 0.717) is 11.4 Å². The van der Waals surface area contributed by atoms with Crippen LogP contribution >= 0.6 is 15.9 Å². The zero-order chi connectivity index (χ0) is 14.2. The van der Waals surface area contributed by atoms with Crippen LogP contribution in [-0.4, -0.2) is 10.6 Å². The predicted molar refractivity (Wildman–Crippen MR) is 75.5 cm³/mol. The van der Waals surface area contributed by atoms with E-state index in [4.69, 9.17) is 4.52 Å². The molecule has 0 saturated carbocycles. The van der Waals surface area contributed by atoms with Gasteiger partial charge in [0.2, 0.25) is 0 Å². The molecule has 1 amide bonds. The Labute approximate surface area is 118 Å². The van der Waals surface area contributed by atoms with Gasteiger partial charge in [-0.15, -0.1) is 0 Å². The number of carbonyl (C=O) groups excluding carboxylic acids is 1. The summed E-state index contributed by atoms with van der Waals surface area (Å²) in [5.41, 5.74) is 1.56. The van der Waals surface area contributed by atoms with Gasteiger partial charge in [0.05, 0.1) is 5.69 Å². The third-order valence-electron chi connectivity index (χ3n) is 2.91. The van der Waals surface area contributed by atoms with Crippen molar-refractivity contribution in [3.8, 4) is 0 Å². The number of anilines is 1. The van der Waals surface area contributed by atoms with Crippen LogP contribution in [0.2, 0.25) is 0 Å². The summed E-state index contributed by atoms with van der Waals surface area (Å²) >= 11 is 3.39. The van der Waals surface area contributed by atoms with Crippen molar-refractivity contribution >= 4 is 27.5 Å². The first kappa shape index (κ1) is 13.6. The maximum atomic E-state index is 12.1. The van der Waals surface area contributed by atoms with Crippen LogP contribution in [-0.2, 0) is 7.05 Å². The maximum Gasteiger partial charge on any atom is 0.370 e. The lowest BCUT2D eigenvalue weighted by molar-refractivity contribution is 0.102. The van der Waals surface area contributed by atoms with E-state index >= 15 is 0 Å². The Morgan fingerprint density at radius 2 is 2.05 bits per heavy atom. The third-order valence-corrected chi connectivity index (χ3v) is 3.77. The molecule has 0 aliphatic heterocycles. The lowest BCUT2D eigenvalue weighted by Crippen LogP contribution is -2.19. The summed E-state index contributed by atoms with van der Waals surface area (Å²) in [6.45, 7) is 3.61. The van der Waals surface area contributed by atoms with Gasteiger partial charge in [0, 0.05) is 17.2 Å². The minimum absolute atomic E-state index is 0.0270. The molecule has 0 aliphatic rings. The van der Waals surface area contributed by atoms with E-state index in [1.165, 1.54) is 4.74 Å². The third kappa shape index (κ3) is 2.63. The summed E-state index contributed by atoms with van der Waals surface area (Å²) in [4.78, 5) is 23.6. The molecule has 0 radical (unpaired) electrons. The zero-order valence-corrected chi connectivity index (χ0v) is 12.4. The van der Waals surface area contributed by atoms with E-state index in [0.717, 1.165) is 10.0 Å². The van der Waals surface area contributed by atoms with E-state index < -0.39 is 11.5 Å². The molecule has 2 aromatic rings. The number of benzene rings is 1. The lowest BCUT2D eigenvalue weighted by Gasteiger charge is -2.05. The normalized spacial score (nSPS) is 10.5. The monoisotopic (exact) mass is 324 g/mol. The number of carbonyl (C=O) groups is 1. The molecule has 0 atom stereocenters. The van der Waals surface area contributed by atoms with Crippen molar-refractivity contribution < 1.29 is 9.32 Å². The number of hydrogen-bond acceptors (Lipinski definition) is 3. The predicted octanol–water partition coefficient (Wildman–Crippen LogP) is 2.61. The topological polar surface area (TPSA) is 64.2 Å². The summed E-state index contributed by atoms with van der Waals surface area (Å²) in [7, 11) is 1.58. The Kier molecular flexibility index (Phi) is 3.61. The minimum Gasteiger partial charge on any atom is -0.336 e. The molecule has 1 aromatic carbocycles. The highest BCUT2D eigenvalue weighted by Gasteiger charge is 2.19. The second kappa shape index (κ2) is 5.05. The zero-order valence-electron chi connectivity index (χ0n) is 10.8. The highest BCUT2D eigenvalue weighted by Crippen LogP contribution is 2.21. The molecule has 0 unspecified atom stereocenters. The molecule has 5 nitrogen and oxygen atoms in total. The Balaban J connectivity index is 2.31. The quantitative estimate of drug-likeness (QED) is 0.923. The molecule has 2 rings (SSSR count). The highest BCUT2D eigenvalue weighted by atomic mass is 79.9. The van der Waals surface area contributed by atoms with Gasteiger partial charge in [-0.3, -0.25) is 4.79 Å². The first-order valence-corrected chi connectivity index (χ1v) is 6.44. The van der Waals surface area contributed by atoms with Crippen molar-refractivity contribution in [3.63, 3.8) is 0 Å². The number of rotatable bonds is 2. The molecule has 0 spiro atoms. The van der Waals surface area contributed by atoms with Gasteiger partial charge >= 0.3 is 5.63 Å². The largest absolute Gasteiger partial charge is 0.370 e. The second-order valence-corrected chi connectivity index (χ2v) is 5.11. The number of nitrogens with zero attached hydrogens (tertiary/aromatic N) is 1. The van der Waals surface area contributed by atoms with Crippen LogP contribution in [0.1, 0.15) is 21.6 Å². The smallest absolute Gasteiger partial charge is 0.336 e. The van der Waals surface area contributed by atoms with E-state index in [-0.39, 0.29) is 5.56 Å². The Morgan fingerprint density at radius 1 is 1.37 bits per heavy atom. The Bertz CT molecular complexity index is 700. The van der Waals surface area contributed by atoms with Crippen molar-refractivity contribution in [2.24, 2.45) is 7.05 Å². The van der Waals surface area contributed by atoms with Crippen LogP contribution in [0, 0.1) is 13.8 Å². The summed E-state index contributed by atoms with van der Waals surface area (Å²) in [6, 6.07) is 5.44. The van der Waals surface area contributed by atoms with E-state index in [2.05, 4.69) is 21.2 Å². The molecular weight excluding hydrogens is 312 g/mol. The van der Waals surface area contributed by atoms with Gasteiger partial charge in [-0.2, -0.15) is 0 Å². The number of amides is 1. The maximum absolute atomic E-state index is 12.1. The summed E-state index contributed by atoms with van der Waals surface area (Å²) in [5, 5.41) is 2.68. The first-order chi connectivity index (χ1) is 8.90. The van der Waals surface area contributed by atoms with Crippen LogP contribution < -0.4 is 10.9 Å². The first-order valence-electron chi connectivity index (χ1n) is 5.64. The van der Waals surface area contributed by atoms with Gasteiger partial charge in [0.15, 0.2) is 0 Å².